The van der Waals surface area contributed by atoms with Crippen LogP contribution in [0, 0.1) is 11.8 Å². The molecular formula is C21H29N7O. The Balaban J connectivity index is 1.20. The number of amides is 1. The van der Waals surface area contributed by atoms with Gasteiger partial charge in [0.2, 0.25) is 11.9 Å². The summed E-state index contributed by atoms with van der Waals surface area (Å²) in [5.41, 5.74) is 6.61. The zero-order valence-corrected chi connectivity index (χ0v) is 16.8. The van der Waals surface area contributed by atoms with Crippen molar-refractivity contribution >= 4 is 11.9 Å². The van der Waals surface area contributed by atoms with Gasteiger partial charge >= 0.3 is 0 Å². The van der Waals surface area contributed by atoms with Gasteiger partial charge in [0, 0.05) is 62.3 Å². The molecule has 4 heterocycles. The van der Waals surface area contributed by atoms with Gasteiger partial charge < -0.3 is 10.6 Å². The summed E-state index contributed by atoms with van der Waals surface area (Å²) < 4.78 is 0. The molecule has 29 heavy (non-hydrogen) atoms. The number of likely N-dealkylation sites (tertiary alicyclic amines) is 2. The number of aromatic nitrogens is 4. The van der Waals surface area contributed by atoms with Gasteiger partial charge in [-0.15, -0.1) is 0 Å². The molecule has 4 rings (SSSR count). The molecule has 0 saturated carbocycles. The summed E-state index contributed by atoms with van der Waals surface area (Å²) in [7, 11) is 0. The van der Waals surface area contributed by atoms with Crippen LogP contribution in [0.25, 0.3) is 0 Å². The summed E-state index contributed by atoms with van der Waals surface area (Å²) in [4.78, 5) is 34.2. The molecule has 2 saturated heterocycles. The summed E-state index contributed by atoms with van der Waals surface area (Å²) in [6.45, 7) is 4.40. The minimum absolute atomic E-state index is 0.155. The Morgan fingerprint density at radius 2 is 1.62 bits per heavy atom. The van der Waals surface area contributed by atoms with Crippen LogP contribution in [0.5, 0.6) is 0 Å². The fraction of sp³-hybridized carbons (Fsp3) is 0.571. The first-order valence-electron chi connectivity index (χ1n) is 10.5. The van der Waals surface area contributed by atoms with Gasteiger partial charge in [0.25, 0.3) is 0 Å². The first-order chi connectivity index (χ1) is 14.2. The van der Waals surface area contributed by atoms with Gasteiger partial charge in [-0.2, -0.15) is 0 Å². The van der Waals surface area contributed by atoms with E-state index in [0.717, 1.165) is 76.2 Å². The van der Waals surface area contributed by atoms with Crippen molar-refractivity contribution in [1.29, 1.82) is 0 Å². The van der Waals surface area contributed by atoms with Crippen molar-refractivity contribution in [3.8, 4) is 0 Å². The number of carbonyl (C=O) groups excluding carboxylic acids is 1. The lowest BCUT2D eigenvalue weighted by Crippen LogP contribution is -2.45. The summed E-state index contributed by atoms with van der Waals surface area (Å²) in [6.07, 6.45) is 12.0. The standard InChI is InChI=1S/C21H29N7O/c22-21-25-13-17(14-26-21)15-27-8-4-18(5-9-27)20(29)28-10-2-16(3-11-28)12-19-23-6-1-7-24-19/h1,6-7,13-14,16,18H,2-5,8-12,15H2,(H2,22,25,26). The largest absolute Gasteiger partial charge is 0.368 e. The third kappa shape index (κ3) is 5.26. The highest BCUT2D eigenvalue weighted by atomic mass is 16.2. The number of piperidine rings is 2. The molecule has 0 atom stereocenters. The molecule has 0 unspecified atom stereocenters. The average Bonchev–Trinajstić information content (AvgIpc) is 2.77. The molecule has 1 amide bonds. The molecule has 0 spiro atoms. The Hall–Kier alpha value is -2.61. The molecule has 2 aromatic rings. The molecule has 2 N–H and O–H groups in total. The van der Waals surface area contributed by atoms with Crippen molar-refractivity contribution in [1.82, 2.24) is 29.7 Å². The van der Waals surface area contributed by atoms with E-state index in [-0.39, 0.29) is 5.92 Å². The predicted octanol–water partition coefficient (Wildman–Crippen LogP) is 1.54. The minimum Gasteiger partial charge on any atom is -0.368 e. The van der Waals surface area contributed by atoms with Crippen molar-refractivity contribution < 1.29 is 4.79 Å². The van der Waals surface area contributed by atoms with Crippen LogP contribution in [0.3, 0.4) is 0 Å². The van der Waals surface area contributed by atoms with Crippen molar-refractivity contribution in [2.45, 2.75) is 38.6 Å². The van der Waals surface area contributed by atoms with Gasteiger partial charge in [-0.3, -0.25) is 9.69 Å². The van der Waals surface area contributed by atoms with Crippen LogP contribution in [0.1, 0.15) is 37.1 Å². The first-order valence-corrected chi connectivity index (χ1v) is 10.5. The maximum Gasteiger partial charge on any atom is 0.225 e. The van der Waals surface area contributed by atoms with Crippen LogP contribution in [-0.2, 0) is 17.8 Å². The van der Waals surface area contributed by atoms with Gasteiger partial charge in [-0.25, -0.2) is 19.9 Å². The van der Waals surface area contributed by atoms with E-state index in [9.17, 15) is 4.79 Å². The third-order valence-corrected chi connectivity index (χ3v) is 6.08. The number of carbonyl (C=O) groups is 1. The quantitative estimate of drug-likeness (QED) is 0.819. The summed E-state index contributed by atoms with van der Waals surface area (Å²) >= 11 is 0. The highest BCUT2D eigenvalue weighted by molar-refractivity contribution is 5.79. The minimum atomic E-state index is 0.155. The van der Waals surface area contributed by atoms with E-state index in [1.165, 1.54) is 0 Å². The summed E-state index contributed by atoms with van der Waals surface area (Å²) in [5, 5.41) is 0. The van der Waals surface area contributed by atoms with Crippen molar-refractivity contribution in [2.24, 2.45) is 11.8 Å². The molecule has 0 bridgehead atoms. The van der Waals surface area contributed by atoms with Crippen LogP contribution in [-0.4, -0.2) is 61.8 Å². The molecule has 2 aliphatic heterocycles. The smallest absolute Gasteiger partial charge is 0.225 e. The molecule has 0 aliphatic carbocycles. The van der Waals surface area contributed by atoms with Gasteiger partial charge in [-0.1, -0.05) is 0 Å². The topological polar surface area (TPSA) is 101 Å². The maximum atomic E-state index is 13.0. The molecule has 2 aromatic heterocycles. The molecular weight excluding hydrogens is 366 g/mol. The van der Waals surface area contributed by atoms with E-state index >= 15 is 0 Å². The van der Waals surface area contributed by atoms with E-state index < -0.39 is 0 Å². The second-order valence-corrected chi connectivity index (χ2v) is 8.14. The van der Waals surface area contributed by atoms with Crippen molar-refractivity contribution in [2.75, 3.05) is 31.9 Å². The molecule has 154 valence electrons. The average molecular weight is 396 g/mol. The molecule has 0 radical (unpaired) electrons. The molecule has 2 aliphatic rings. The molecule has 8 heteroatoms. The number of hydrogen-bond donors (Lipinski definition) is 1. The van der Waals surface area contributed by atoms with Gasteiger partial charge in [0.15, 0.2) is 0 Å². The number of anilines is 1. The summed E-state index contributed by atoms with van der Waals surface area (Å²) in [6, 6.07) is 1.85. The Morgan fingerprint density at radius 3 is 2.28 bits per heavy atom. The Morgan fingerprint density at radius 1 is 0.966 bits per heavy atom. The lowest BCUT2D eigenvalue weighted by atomic mass is 9.90. The highest BCUT2D eigenvalue weighted by Gasteiger charge is 2.31. The highest BCUT2D eigenvalue weighted by Crippen LogP contribution is 2.25. The van der Waals surface area contributed by atoms with Gasteiger partial charge in [0.1, 0.15) is 5.82 Å². The fourth-order valence-electron chi connectivity index (χ4n) is 4.35. The lowest BCUT2D eigenvalue weighted by Gasteiger charge is -2.37. The second-order valence-electron chi connectivity index (χ2n) is 8.14. The second kappa shape index (κ2) is 9.26. The van der Waals surface area contributed by atoms with Crippen LogP contribution >= 0.6 is 0 Å². The van der Waals surface area contributed by atoms with Crippen LogP contribution in [0.4, 0.5) is 5.95 Å². The van der Waals surface area contributed by atoms with Gasteiger partial charge in [0.05, 0.1) is 0 Å². The predicted molar refractivity (Wildman–Crippen MR) is 109 cm³/mol. The van der Waals surface area contributed by atoms with Crippen molar-refractivity contribution in [3.05, 3.63) is 42.2 Å². The Labute approximate surface area is 171 Å². The van der Waals surface area contributed by atoms with Crippen LogP contribution < -0.4 is 5.73 Å². The normalized spacial score (nSPS) is 19.4. The van der Waals surface area contributed by atoms with Crippen LogP contribution in [0.2, 0.25) is 0 Å². The zero-order valence-electron chi connectivity index (χ0n) is 16.8. The van der Waals surface area contributed by atoms with E-state index in [4.69, 9.17) is 5.73 Å². The number of hydrogen-bond acceptors (Lipinski definition) is 7. The summed E-state index contributed by atoms with van der Waals surface area (Å²) in [5.74, 6) is 2.29. The lowest BCUT2D eigenvalue weighted by molar-refractivity contribution is -0.138. The number of nitrogens with zero attached hydrogens (tertiary/aromatic N) is 6. The SMILES string of the molecule is Nc1ncc(CN2CCC(C(=O)N3CCC(Cc4ncccn4)CC3)CC2)cn1. The van der Waals surface area contributed by atoms with E-state index in [2.05, 4.69) is 29.7 Å². The number of nitrogen functional groups attached to an aromatic ring is 1. The maximum absolute atomic E-state index is 13.0. The Bertz CT molecular complexity index is 782. The Kier molecular flexibility index (Phi) is 6.29. The molecule has 2 fully saturated rings. The van der Waals surface area contributed by atoms with E-state index in [1.54, 1.807) is 24.8 Å². The molecule has 0 aromatic carbocycles. The zero-order chi connectivity index (χ0) is 20.1. The van der Waals surface area contributed by atoms with E-state index in [0.29, 0.717) is 17.8 Å². The monoisotopic (exact) mass is 395 g/mol. The van der Waals surface area contributed by atoms with E-state index in [1.807, 2.05) is 6.07 Å². The number of nitrogens with two attached hydrogens (primary N) is 1. The van der Waals surface area contributed by atoms with Gasteiger partial charge in [-0.05, 0) is 50.8 Å². The molecule has 8 nitrogen and oxygen atoms in total. The number of rotatable bonds is 5. The van der Waals surface area contributed by atoms with Crippen LogP contribution in [0.15, 0.2) is 30.9 Å². The van der Waals surface area contributed by atoms with Crippen molar-refractivity contribution in [3.63, 3.8) is 0 Å². The third-order valence-electron chi connectivity index (χ3n) is 6.08. The fourth-order valence-corrected chi connectivity index (χ4v) is 4.35. The first kappa shape index (κ1) is 19.7.